The maximum atomic E-state index is 12.8. The number of carbonyl (C=O) groups is 1. The minimum Gasteiger partial charge on any atom is -0.353 e. The Balaban J connectivity index is 1.25. The van der Waals surface area contributed by atoms with Crippen molar-refractivity contribution in [3.8, 4) is 5.82 Å². The third-order valence-electron chi connectivity index (χ3n) is 5.70. The molecule has 0 bridgehead atoms. The van der Waals surface area contributed by atoms with Gasteiger partial charge < -0.3 is 9.80 Å². The third kappa shape index (κ3) is 3.70. The van der Waals surface area contributed by atoms with Crippen molar-refractivity contribution in [2.45, 2.75) is 13.5 Å². The Hall–Kier alpha value is -4.08. The van der Waals surface area contributed by atoms with Crippen LogP contribution in [0.1, 0.15) is 5.82 Å². The second-order valence-electron chi connectivity index (χ2n) is 7.64. The number of anilines is 1. The van der Waals surface area contributed by atoms with Crippen LogP contribution in [0.4, 0.5) is 5.82 Å². The Morgan fingerprint density at radius 1 is 1.00 bits per heavy atom. The number of hydrogen-bond donors (Lipinski definition) is 0. The van der Waals surface area contributed by atoms with Gasteiger partial charge in [-0.15, -0.1) is 0 Å². The number of aryl methyl sites for hydroxylation is 1. The number of para-hydroxylation sites is 1. The van der Waals surface area contributed by atoms with Crippen molar-refractivity contribution >= 4 is 22.6 Å². The number of aromatic nitrogens is 6. The van der Waals surface area contributed by atoms with Crippen molar-refractivity contribution in [2.24, 2.45) is 0 Å². The molecule has 0 N–H and O–H groups in total. The Morgan fingerprint density at radius 3 is 2.56 bits per heavy atom. The molecule has 0 spiro atoms. The summed E-state index contributed by atoms with van der Waals surface area (Å²) in [5, 5.41) is 0.514. The smallest absolute Gasteiger partial charge is 0.261 e. The highest BCUT2D eigenvalue weighted by molar-refractivity contribution is 5.79. The summed E-state index contributed by atoms with van der Waals surface area (Å²) in [5.74, 6) is 2.32. The highest BCUT2D eigenvalue weighted by atomic mass is 16.2. The number of nitrogens with zero attached hydrogens (tertiary/aromatic N) is 8. The first kappa shape index (κ1) is 19.9. The first-order valence-electron chi connectivity index (χ1n) is 10.4. The Labute approximate surface area is 183 Å². The van der Waals surface area contributed by atoms with Crippen LogP contribution in [0.5, 0.6) is 0 Å². The van der Waals surface area contributed by atoms with Crippen molar-refractivity contribution in [1.29, 1.82) is 0 Å². The van der Waals surface area contributed by atoms with Gasteiger partial charge in [0.1, 0.15) is 30.3 Å². The Bertz CT molecular complexity index is 1340. The molecule has 0 radical (unpaired) electrons. The summed E-state index contributed by atoms with van der Waals surface area (Å²) in [6.45, 7) is 4.30. The summed E-state index contributed by atoms with van der Waals surface area (Å²) < 4.78 is 3.28. The second-order valence-corrected chi connectivity index (χ2v) is 7.64. The second kappa shape index (κ2) is 8.22. The van der Waals surface area contributed by atoms with Crippen molar-refractivity contribution in [3.05, 3.63) is 71.6 Å². The monoisotopic (exact) mass is 430 g/mol. The summed E-state index contributed by atoms with van der Waals surface area (Å²) in [7, 11) is 0. The summed E-state index contributed by atoms with van der Waals surface area (Å²) in [6, 6.07) is 9.07. The normalized spacial score (nSPS) is 14.2. The van der Waals surface area contributed by atoms with E-state index in [-0.39, 0.29) is 18.0 Å². The van der Waals surface area contributed by atoms with Gasteiger partial charge >= 0.3 is 0 Å². The fraction of sp³-hybridized carbons (Fsp3) is 0.273. The van der Waals surface area contributed by atoms with Crippen molar-refractivity contribution in [3.63, 3.8) is 0 Å². The minimum atomic E-state index is -0.203. The van der Waals surface area contributed by atoms with E-state index in [1.807, 2.05) is 29.8 Å². The van der Waals surface area contributed by atoms with Gasteiger partial charge in [0, 0.05) is 44.6 Å². The van der Waals surface area contributed by atoms with Gasteiger partial charge in [-0.25, -0.2) is 19.9 Å². The number of benzene rings is 1. The van der Waals surface area contributed by atoms with Crippen LogP contribution in [-0.2, 0) is 11.3 Å². The molecular formula is C22H22N8O2. The third-order valence-corrected chi connectivity index (χ3v) is 5.70. The van der Waals surface area contributed by atoms with E-state index in [1.54, 1.807) is 35.6 Å². The largest absolute Gasteiger partial charge is 0.353 e. The molecule has 162 valence electrons. The molecule has 32 heavy (non-hydrogen) atoms. The van der Waals surface area contributed by atoms with Crippen LogP contribution in [0.25, 0.3) is 16.7 Å². The molecule has 1 aromatic carbocycles. The molecule has 1 aliphatic rings. The van der Waals surface area contributed by atoms with Gasteiger partial charge in [-0.2, -0.15) is 0 Å². The molecule has 0 atom stereocenters. The maximum absolute atomic E-state index is 12.8. The molecule has 4 heterocycles. The lowest BCUT2D eigenvalue weighted by molar-refractivity contribution is -0.132. The van der Waals surface area contributed by atoms with Crippen LogP contribution in [0, 0.1) is 6.92 Å². The van der Waals surface area contributed by atoms with Crippen LogP contribution >= 0.6 is 0 Å². The number of carbonyl (C=O) groups excluding carboxylic acids is 1. The number of rotatable bonds is 4. The molecule has 4 aromatic rings. The Kier molecular flexibility index (Phi) is 5.10. The van der Waals surface area contributed by atoms with Gasteiger partial charge in [0.25, 0.3) is 5.56 Å². The minimum absolute atomic E-state index is 0.0196. The predicted molar refractivity (Wildman–Crippen MR) is 119 cm³/mol. The van der Waals surface area contributed by atoms with E-state index in [0.717, 1.165) is 17.5 Å². The first-order chi connectivity index (χ1) is 15.6. The lowest BCUT2D eigenvalue weighted by Crippen LogP contribution is -2.50. The van der Waals surface area contributed by atoms with Gasteiger partial charge in [0.2, 0.25) is 5.91 Å². The Morgan fingerprint density at radius 2 is 1.78 bits per heavy atom. The standard InChI is InChI=1S/C22H22N8O2/c1-16-23-6-7-30(16)20-12-19(24-14-25-20)27-8-10-28(11-9-27)21(31)13-29-15-26-18-5-3-2-4-17(18)22(29)32/h2-7,12,14-15H,8-11,13H2,1H3. The van der Waals surface area contributed by atoms with Crippen molar-refractivity contribution in [2.75, 3.05) is 31.1 Å². The van der Waals surface area contributed by atoms with E-state index in [4.69, 9.17) is 0 Å². The van der Waals surface area contributed by atoms with Crippen LogP contribution in [0.15, 0.2) is 60.2 Å². The van der Waals surface area contributed by atoms with E-state index in [2.05, 4.69) is 24.8 Å². The zero-order valence-corrected chi connectivity index (χ0v) is 17.6. The average Bonchev–Trinajstić information content (AvgIpc) is 3.27. The van der Waals surface area contributed by atoms with E-state index in [0.29, 0.717) is 37.1 Å². The molecule has 1 aliphatic heterocycles. The van der Waals surface area contributed by atoms with Crippen LogP contribution in [0.2, 0.25) is 0 Å². The fourth-order valence-electron chi connectivity index (χ4n) is 3.91. The van der Waals surface area contributed by atoms with Crippen LogP contribution < -0.4 is 10.5 Å². The number of hydrogen-bond acceptors (Lipinski definition) is 7. The zero-order valence-electron chi connectivity index (χ0n) is 17.6. The molecule has 1 amide bonds. The van der Waals surface area contributed by atoms with Gasteiger partial charge in [0.05, 0.1) is 17.2 Å². The average molecular weight is 430 g/mol. The topological polar surface area (TPSA) is 102 Å². The van der Waals surface area contributed by atoms with E-state index in [1.165, 1.54) is 10.9 Å². The molecule has 10 nitrogen and oxygen atoms in total. The molecule has 0 aliphatic carbocycles. The first-order valence-corrected chi connectivity index (χ1v) is 10.4. The quantitative estimate of drug-likeness (QED) is 0.476. The van der Waals surface area contributed by atoms with Crippen molar-refractivity contribution in [1.82, 2.24) is 34.0 Å². The number of imidazole rings is 1. The molecule has 0 saturated carbocycles. The summed E-state index contributed by atoms with van der Waals surface area (Å²) in [5.41, 5.74) is 0.427. The molecule has 5 rings (SSSR count). The van der Waals surface area contributed by atoms with Crippen LogP contribution in [0.3, 0.4) is 0 Å². The molecule has 0 unspecified atom stereocenters. The highest BCUT2D eigenvalue weighted by Crippen LogP contribution is 2.17. The van der Waals surface area contributed by atoms with E-state index < -0.39 is 0 Å². The molecule has 1 saturated heterocycles. The lowest BCUT2D eigenvalue weighted by Gasteiger charge is -2.35. The summed E-state index contributed by atoms with van der Waals surface area (Å²) >= 11 is 0. The zero-order chi connectivity index (χ0) is 22.1. The maximum Gasteiger partial charge on any atom is 0.261 e. The number of fused-ring (bicyclic) bond motifs is 1. The molecule has 10 heteroatoms. The summed E-state index contributed by atoms with van der Waals surface area (Å²) in [4.78, 5) is 46.7. The van der Waals surface area contributed by atoms with Gasteiger partial charge in [-0.05, 0) is 19.1 Å². The lowest BCUT2D eigenvalue weighted by atomic mass is 10.2. The van der Waals surface area contributed by atoms with E-state index >= 15 is 0 Å². The van der Waals surface area contributed by atoms with Gasteiger partial charge in [-0.1, -0.05) is 12.1 Å². The van der Waals surface area contributed by atoms with E-state index in [9.17, 15) is 9.59 Å². The van der Waals surface area contributed by atoms with Gasteiger partial charge in [0.15, 0.2) is 0 Å². The van der Waals surface area contributed by atoms with Gasteiger partial charge in [-0.3, -0.25) is 18.7 Å². The highest BCUT2D eigenvalue weighted by Gasteiger charge is 2.23. The van der Waals surface area contributed by atoms with Crippen LogP contribution in [-0.4, -0.2) is 66.1 Å². The predicted octanol–water partition coefficient (Wildman–Crippen LogP) is 1.03. The molecular weight excluding hydrogens is 408 g/mol. The number of piperazine rings is 1. The number of amides is 1. The fourth-order valence-corrected chi connectivity index (χ4v) is 3.91. The summed E-state index contributed by atoms with van der Waals surface area (Å²) in [6.07, 6.45) is 6.58. The molecule has 3 aromatic heterocycles. The molecule has 1 fully saturated rings. The SMILES string of the molecule is Cc1nccn1-c1cc(N2CCN(C(=O)Cn3cnc4ccccc4c3=O)CC2)ncn1. The van der Waals surface area contributed by atoms with Crippen molar-refractivity contribution < 1.29 is 4.79 Å².